The van der Waals surface area contributed by atoms with Crippen LogP contribution >= 0.6 is 0 Å². The van der Waals surface area contributed by atoms with Crippen molar-refractivity contribution in [2.75, 3.05) is 37.7 Å². The molecule has 4 rings (SSSR count). The highest BCUT2D eigenvalue weighted by molar-refractivity contribution is 7.91. The van der Waals surface area contributed by atoms with Gasteiger partial charge in [-0.15, -0.1) is 0 Å². The number of para-hydroxylation sites is 1. The molecule has 2 aliphatic heterocycles. The average molecular weight is 421 g/mol. The molecule has 0 radical (unpaired) electrons. The minimum atomic E-state index is -2.90. The van der Waals surface area contributed by atoms with Crippen LogP contribution < -0.4 is 0 Å². The van der Waals surface area contributed by atoms with Crippen LogP contribution in [0.1, 0.15) is 36.4 Å². The lowest BCUT2D eigenvalue weighted by Crippen LogP contribution is -2.52. The van der Waals surface area contributed by atoms with Gasteiger partial charge in [0.1, 0.15) is 5.58 Å². The molecule has 0 aliphatic carbocycles. The lowest BCUT2D eigenvalue weighted by atomic mass is 10.1. The summed E-state index contributed by atoms with van der Waals surface area (Å²) in [6.07, 6.45) is 0.745. The van der Waals surface area contributed by atoms with E-state index in [1.165, 1.54) is 0 Å². The Hall–Kier alpha value is -1.90. The van der Waals surface area contributed by atoms with E-state index >= 15 is 0 Å². The highest BCUT2D eigenvalue weighted by atomic mass is 32.2. The molecule has 7 nitrogen and oxygen atoms in total. The number of ether oxygens (including phenoxy) is 1. The Morgan fingerprint density at radius 2 is 1.93 bits per heavy atom. The molecule has 0 bridgehead atoms. The second-order valence-electron chi connectivity index (χ2n) is 8.15. The van der Waals surface area contributed by atoms with Crippen LogP contribution in [0.2, 0.25) is 0 Å². The zero-order valence-corrected chi connectivity index (χ0v) is 17.8. The average Bonchev–Trinajstić information content (AvgIpc) is 3.25. The Bertz CT molecular complexity index is 990. The predicted molar refractivity (Wildman–Crippen MR) is 111 cm³/mol. The molecular formula is C21H28N2O5S. The molecule has 8 heteroatoms. The zero-order chi connectivity index (χ0) is 20.6. The summed E-state index contributed by atoms with van der Waals surface area (Å²) in [6, 6.07) is 7.72. The van der Waals surface area contributed by atoms with Gasteiger partial charge in [0.25, 0.3) is 5.91 Å². The van der Waals surface area contributed by atoms with Crippen LogP contribution in [-0.2, 0) is 21.2 Å². The van der Waals surface area contributed by atoms with Gasteiger partial charge < -0.3 is 14.1 Å². The van der Waals surface area contributed by atoms with E-state index in [0.717, 1.165) is 10.9 Å². The number of carbonyl (C=O) groups excluding carboxylic acids is 1. The Kier molecular flexibility index (Phi) is 5.68. The van der Waals surface area contributed by atoms with Crippen LogP contribution in [0.3, 0.4) is 0 Å². The van der Waals surface area contributed by atoms with Crippen molar-refractivity contribution in [2.45, 2.75) is 39.0 Å². The third-order valence-electron chi connectivity index (χ3n) is 5.78. The van der Waals surface area contributed by atoms with E-state index < -0.39 is 9.84 Å². The molecule has 0 N–H and O–H groups in total. The number of rotatable bonds is 5. The molecule has 2 saturated heterocycles. The van der Waals surface area contributed by atoms with E-state index in [2.05, 4.69) is 4.90 Å². The van der Waals surface area contributed by atoms with E-state index in [0.29, 0.717) is 50.5 Å². The van der Waals surface area contributed by atoms with Crippen molar-refractivity contribution in [3.8, 4) is 0 Å². The predicted octanol–water partition coefficient (Wildman–Crippen LogP) is 2.30. The Balaban J connectivity index is 1.49. The quantitative estimate of drug-likeness (QED) is 0.739. The molecule has 0 spiro atoms. The molecule has 2 fully saturated rings. The number of hydrogen-bond donors (Lipinski definition) is 0. The van der Waals surface area contributed by atoms with E-state index in [1.807, 2.05) is 38.1 Å². The first kappa shape index (κ1) is 20.4. The fourth-order valence-corrected chi connectivity index (χ4v) is 5.92. The summed E-state index contributed by atoms with van der Waals surface area (Å²) < 4.78 is 35.2. The van der Waals surface area contributed by atoms with Gasteiger partial charge >= 0.3 is 0 Å². The Morgan fingerprint density at radius 3 is 2.59 bits per heavy atom. The summed E-state index contributed by atoms with van der Waals surface area (Å²) in [5.41, 5.74) is 1.48. The van der Waals surface area contributed by atoms with Gasteiger partial charge in [-0.05, 0) is 26.3 Å². The number of carbonyl (C=O) groups is 1. The van der Waals surface area contributed by atoms with Crippen molar-refractivity contribution < 1.29 is 22.4 Å². The molecule has 1 atom stereocenters. The van der Waals surface area contributed by atoms with Crippen LogP contribution in [-0.4, -0.2) is 74.0 Å². The largest absolute Gasteiger partial charge is 0.451 e. The summed E-state index contributed by atoms with van der Waals surface area (Å²) in [4.78, 5) is 17.2. The number of sulfone groups is 1. The zero-order valence-electron chi connectivity index (χ0n) is 17.0. The summed E-state index contributed by atoms with van der Waals surface area (Å²) in [6.45, 7) is 6.76. The summed E-state index contributed by atoms with van der Waals surface area (Å²) >= 11 is 0. The van der Waals surface area contributed by atoms with Crippen molar-refractivity contribution in [3.63, 3.8) is 0 Å². The van der Waals surface area contributed by atoms with E-state index in [1.54, 1.807) is 4.90 Å². The lowest BCUT2D eigenvalue weighted by Gasteiger charge is -2.37. The number of amides is 1. The molecule has 2 aliphatic rings. The van der Waals surface area contributed by atoms with Crippen LogP contribution in [0.25, 0.3) is 11.0 Å². The molecule has 0 saturated carbocycles. The lowest BCUT2D eigenvalue weighted by molar-refractivity contribution is 0.0523. The van der Waals surface area contributed by atoms with Gasteiger partial charge in [0.2, 0.25) is 0 Å². The SMILES string of the molecule is CC(C)OCc1c(C(=O)N2CCN(C3CCS(=O)(=O)C3)CC2)oc2ccccc12. The second-order valence-corrected chi connectivity index (χ2v) is 10.4. The normalized spacial score (nSPS) is 22.6. The van der Waals surface area contributed by atoms with Crippen molar-refractivity contribution >= 4 is 26.7 Å². The maximum atomic E-state index is 13.2. The summed E-state index contributed by atoms with van der Waals surface area (Å²) in [7, 11) is -2.90. The molecule has 29 heavy (non-hydrogen) atoms. The van der Waals surface area contributed by atoms with Crippen LogP contribution in [0, 0.1) is 0 Å². The number of hydrogen-bond acceptors (Lipinski definition) is 6. The number of benzene rings is 1. The van der Waals surface area contributed by atoms with Crippen molar-refractivity contribution in [1.82, 2.24) is 9.80 Å². The van der Waals surface area contributed by atoms with Crippen molar-refractivity contribution in [1.29, 1.82) is 0 Å². The molecule has 1 aromatic heterocycles. The number of fused-ring (bicyclic) bond motifs is 1. The highest BCUT2D eigenvalue weighted by Gasteiger charge is 2.35. The first-order valence-electron chi connectivity index (χ1n) is 10.2. The van der Waals surface area contributed by atoms with Gasteiger partial charge in [0.05, 0.1) is 24.2 Å². The fourth-order valence-electron chi connectivity index (χ4n) is 4.16. The Labute approximate surface area is 171 Å². The number of furan rings is 1. The standard InChI is InChI=1S/C21H28N2O5S/c1-15(2)27-13-18-17-5-3-4-6-19(17)28-20(18)21(24)23-10-8-22(9-11-23)16-7-12-29(25,26)14-16/h3-6,15-16H,7-14H2,1-2H3. The molecule has 2 aromatic rings. The minimum absolute atomic E-state index is 0.0536. The number of nitrogens with zero attached hydrogens (tertiary/aromatic N) is 2. The van der Waals surface area contributed by atoms with Gasteiger partial charge in [0.15, 0.2) is 15.6 Å². The molecule has 158 valence electrons. The molecule has 3 heterocycles. The van der Waals surface area contributed by atoms with Gasteiger partial charge in [-0.25, -0.2) is 8.42 Å². The molecule has 1 aromatic carbocycles. The van der Waals surface area contributed by atoms with E-state index in [-0.39, 0.29) is 29.6 Å². The first-order chi connectivity index (χ1) is 13.8. The maximum Gasteiger partial charge on any atom is 0.290 e. The Morgan fingerprint density at radius 1 is 1.21 bits per heavy atom. The molecular weight excluding hydrogens is 392 g/mol. The van der Waals surface area contributed by atoms with Crippen molar-refractivity contribution in [2.24, 2.45) is 0 Å². The summed E-state index contributed by atoms with van der Waals surface area (Å²) in [5, 5.41) is 0.909. The fraction of sp³-hybridized carbons (Fsp3) is 0.571. The summed E-state index contributed by atoms with van der Waals surface area (Å²) in [5.74, 6) is 0.738. The smallest absolute Gasteiger partial charge is 0.290 e. The third-order valence-corrected chi connectivity index (χ3v) is 7.53. The van der Waals surface area contributed by atoms with E-state index in [9.17, 15) is 13.2 Å². The third kappa shape index (κ3) is 4.34. The highest BCUT2D eigenvalue weighted by Crippen LogP contribution is 2.29. The van der Waals surface area contributed by atoms with Gasteiger partial charge in [0, 0.05) is 43.2 Å². The molecule has 1 amide bonds. The van der Waals surface area contributed by atoms with E-state index in [4.69, 9.17) is 9.15 Å². The van der Waals surface area contributed by atoms with Crippen LogP contribution in [0.5, 0.6) is 0 Å². The van der Waals surface area contributed by atoms with Crippen molar-refractivity contribution in [3.05, 3.63) is 35.6 Å². The minimum Gasteiger partial charge on any atom is -0.451 e. The van der Waals surface area contributed by atoms with Crippen LogP contribution in [0.15, 0.2) is 28.7 Å². The van der Waals surface area contributed by atoms with Gasteiger partial charge in [-0.1, -0.05) is 18.2 Å². The topological polar surface area (TPSA) is 80.1 Å². The monoisotopic (exact) mass is 420 g/mol. The number of piperazine rings is 1. The first-order valence-corrected chi connectivity index (χ1v) is 12.0. The second kappa shape index (κ2) is 8.08. The van der Waals surface area contributed by atoms with Gasteiger partial charge in [-0.3, -0.25) is 9.69 Å². The molecule has 1 unspecified atom stereocenters. The maximum absolute atomic E-state index is 13.2. The van der Waals surface area contributed by atoms with Crippen LogP contribution in [0.4, 0.5) is 0 Å². The van der Waals surface area contributed by atoms with Gasteiger partial charge in [-0.2, -0.15) is 0 Å².